The zero-order valence-corrected chi connectivity index (χ0v) is 20.2. The van der Waals surface area contributed by atoms with Crippen molar-refractivity contribution in [2.75, 3.05) is 13.7 Å². The molecule has 0 unspecified atom stereocenters. The number of carbonyl (C=O) groups excluding carboxylic acids is 1. The van der Waals surface area contributed by atoms with Gasteiger partial charge in [0.05, 0.1) is 23.7 Å². The van der Waals surface area contributed by atoms with Crippen LogP contribution in [0.15, 0.2) is 75.2 Å². The van der Waals surface area contributed by atoms with Crippen molar-refractivity contribution in [3.05, 3.63) is 93.1 Å². The van der Waals surface area contributed by atoms with Crippen LogP contribution in [0, 0.1) is 0 Å². The SMILES string of the molecule is COCCCn1c(SCc2cccc(C(=O)NCc3ccco3)c2)nc2cc(Cl)ccc2c1=O. The summed E-state index contributed by atoms with van der Waals surface area (Å²) in [5, 5.41) is 4.51. The summed E-state index contributed by atoms with van der Waals surface area (Å²) in [4.78, 5) is 30.4. The third-order valence-corrected chi connectivity index (χ3v) is 6.46. The molecule has 0 aliphatic rings. The van der Waals surface area contributed by atoms with E-state index in [-0.39, 0.29) is 11.5 Å². The van der Waals surface area contributed by atoms with Crippen molar-refractivity contribution >= 4 is 40.2 Å². The van der Waals surface area contributed by atoms with Crippen LogP contribution in [-0.4, -0.2) is 29.2 Å². The van der Waals surface area contributed by atoms with Gasteiger partial charge >= 0.3 is 0 Å². The molecule has 0 radical (unpaired) electrons. The number of ether oxygens (including phenoxy) is 1. The number of methoxy groups -OCH3 is 1. The fourth-order valence-electron chi connectivity index (χ4n) is 3.48. The summed E-state index contributed by atoms with van der Waals surface area (Å²) in [6.07, 6.45) is 2.26. The first kappa shape index (κ1) is 24.1. The number of furan rings is 1. The van der Waals surface area contributed by atoms with Gasteiger partial charge in [0.2, 0.25) is 0 Å². The Kier molecular flexibility index (Phi) is 8.05. The van der Waals surface area contributed by atoms with E-state index in [1.807, 2.05) is 24.3 Å². The number of benzene rings is 2. The third kappa shape index (κ3) is 5.88. The molecule has 34 heavy (non-hydrogen) atoms. The number of nitrogens with one attached hydrogen (secondary N) is 1. The van der Waals surface area contributed by atoms with Gasteiger partial charge in [-0.1, -0.05) is 35.5 Å². The highest BCUT2D eigenvalue weighted by Gasteiger charge is 2.13. The zero-order chi connectivity index (χ0) is 23.9. The third-order valence-electron chi connectivity index (χ3n) is 5.17. The normalized spacial score (nSPS) is 11.1. The number of amides is 1. The van der Waals surface area contributed by atoms with Crippen LogP contribution in [0.2, 0.25) is 5.02 Å². The molecule has 1 amide bonds. The van der Waals surface area contributed by atoms with Gasteiger partial charge in [-0.25, -0.2) is 4.98 Å². The molecular formula is C25H24ClN3O4S. The maximum Gasteiger partial charge on any atom is 0.262 e. The largest absolute Gasteiger partial charge is 0.467 e. The van der Waals surface area contributed by atoms with E-state index in [1.54, 1.807) is 48.3 Å². The lowest BCUT2D eigenvalue weighted by Crippen LogP contribution is -2.24. The first-order valence-corrected chi connectivity index (χ1v) is 12.1. The second kappa shape index (κ2) is 11.4. The molecule has 2 aromatic heterocycles. The van der Waals surface area contributed by atoms with E-state index >= 15 is 0 Å². The molecule has 9 heteroatoms. The number of carbonyl (C=O) groups is 1. The Morgan fingerprint density at radius 1 is 1.21 bits per heavy atom. The highest BCUT2D eigenvalue weighted by atomic mass is 35.5. The molecule has 2 aromatic carbocycles. The number of halogens is 1. The predicted molar refractivity (Wildman–Crippen MR) is 133 cm³/mol. The highest BCUT2D eigenvalue weighted by Crippen LogP contribution is 2.24. The lowest BCUT2D eigenvalue weighted by Gasteiger charge is -2.13. The minimum Gasteiger partial charge on any atom is -0.467 e. The maximum absolute atomic E-state index is 13.1. The fourth-order valence-corrected chi connectivity index (χ4v) is 4.62. The number of hydrogen-bond donors (Lipinski definition) is 1. The fraction of sp³-hybridized carbons (Fsp3) is 0.240. The molecule has 0 fully saturated rings. The average Bonchev–Trinajstić information content (AvgIpc) is 3.36. The van der Waals surface area contributed by atoms with Crippen LogP contribution in [0.25, 0.3) is 10.9 Å². The summed E-state index contributed by atoms with van der Waals surface area (Å²) in [5.41, 5.74) is 1.96. The molecule has 2 heterocycles. The van der Waals surface area contributed by atoms with Gasteiger partial charge in [0.1, 0.15) is 5.76 Å². The van der Waals surface area contributed by atoms with Crippen molar-refractivity contribution in [2.24, 2.45) is 0 Å². The van der Waals surface area contributed by atoms with Crippen LogP contribution in [0.1, 0.15) is 28.1 Å². The lowest BCUT2D eigenvalue weighted by molar-refractivity contribution is 0.0948. The Balaban J connectivity index is 1.53. The molecule has 4 rings (SSSR count). The number of rotatable bonds is 10. The Labute approximate surface area is 206 Å². The molecule has 0 bridgehead atoms. The van der Waals surface area contributed by atoms with Gasteiger partial charge in [0, 0.05) is 36.6 Å². The standard InChI is InChI=1S/C25H24ClN3O4S/c1-32-11-4-10-29-24(31)21-9-8-19(26)14-22(21)28-25(29)34-16-17-5-2-6-18(13-17)23(30)27-15-20-7-3-12-33-20/h2-3,5-9,12-14H,4,10-11,15-16H2,1H3,(H,27,30). The summed E-state index contributed by atoms with van der Waals surface area (Å²) < 4.78 is 12.1. The first-order valence-electron chi connectivity index (χ1n) is 10.8. The van der Waals surface area contributed by atoms with Gasteiger partial charge in [-0.2, -0.15) is 0 Å². The van der Waals surface area contributed by atoms with E-state index in [4.69, 9.17) is 25.7 Å². The Morgan fingerprint density at radius 3 is 2.88 bits per heavy atom. The molecule has 4 aromatic rings. The van der Waals surface area contributed by atoms with Crippen LogP contribution in [0.5, 0.6) is 0 Å². The second-order valence-corrected chi connectivity index (χ2v) is 8.99. The topological polar surface area (TPSA) is 86.4 Å². The van der Waals surface area contributed by atoms with Crippen molar-refractivity contribution in [2.45, 2.75) is 30.4 Å². The Morgan fingerprint density at radius 2 is 2.09 bits per heavy atom. The molecule has 0 spiro atoms. The summed E-state index contributed by atoms with van der Waals surface area (Å²) in [7, 11) is 1.64. The molecule has 7 nitrogen and oxygen atoms in total. The smallest absolute Gasteiger partial charge is 0.262 e. The van der Waals surface area contributed by atoms with Crippen molar-refractivity contribution < 1.29 is 13.9 Å². The van der Waals surface area contributed by atoms with Crippen LogP contribution in [0.3, 0.4) is 0 Å². The summed E-state index contributed by atoms with van der Waals surface area (Å²) >= 11 is 7.57. The van der Waals surface area contributed by atoms with Crippen molar-refractivity contribution in [1.82, 2.24) is 14.9 Å². The zero-order valence-electron chi connectivity index (χ0n) is 18.6. The van der Waals surface area contributed by atoms with Gasteiger partial charge in [0.15, 0.2) is 5.16 Å². The monoisotopic (exact) mass is 497 g/mol. The van der Waals surface area contributed by atoms with E-state index in [9.17, 15) is 9.59 Å². The van der Waals surface area contributed by atoms with Gasteiger partial charge < -0.3 is 14.5 Å². The number of hydrogen-bond acceptors (Lipinski definition) is 6. The van der Waals surface area contributed by atoms with E-state index in [0.717, 1.165) is 5.56 Å². The van der Waals surface area contributed by atoms with Gasteiger partial charge in [0.25, 0.3) is 11.5 Å². The molecule has 0 saturated carbocycles. The lowest BCUT2D eigenvalue weighted by atomic mass is 10.1. The first-order chi connectivity index (χ1) is 16.5. The minimum absolute atomic E-state index is 0.105. The number of thioether (sulfide) groups is 1. The molecule has 0 saturated heterocycles. The van der Waals surface area contributed by atoms with Crippen molar-refractivity contribution in [1.29, 1.82) is 0 Å². The van der Waals surface area contributed by atoms with E-state index in [0.29, 0.717) is 64.3 Å². The minimum atomic E-state index is -0.182. The second-order valence-electron chi connectivity index (χ2n) is 7.61. The van der Waals surface area contributed by atoms with Crippen LogP contribution in [0.4, 0.5) is 0 Å². The van der Waals surface area contributed by atoms with Crippen LogP contribution < -0.4 is 10.9 Å². The van der Waals surface area contributed by atoms with Crippen molar-refractivity contribution in [3.8, 4) is 0 Å². The van der Waals surface area contributed by atoms with Crippen LogP contribution in [-0.2, 0) is 23.6 Å². The summed E-state index contributed by atoms with van der Waals surface area (Å²) in [6.45, 7) is 1.36. The quantitative estimate of drug-likeness (QED) is 0.190. The predicted octanol–water partition coefficient (Wildman–Crippen LogP) is 4.90. The number of nitrogens with zero attached hydrogens (tertiary/aromatic N) is 2. The Hall–Kier alpha value is -3.07. The van der Waals surface area contributed by atoms with E-state index < -0.39 is 0 Å². The molecule has 176 valence electrons. The Bertz CT molecular complexity index is 1340. The molecule has 0 aliphatic heterocycles. The molecule has 0 aliphatic carbocycles. The van der Waals surface area contributed by atoms with Gasteiger partial charge in [-0.3, -0.25) is 14.2 Å². The van der Waals surface area contributed by atoms with E-state index in [1.165, 1.54) is 11.8 Å². The maximum atomic E-state index is 13.1. The highest BCUT2D eigenvalue weighted by molar-refractivity contribution is 7.98. The molecule has 0 atom stereocenters. The summed E-state index contributed by atoms with van der Waals surface area (Å²) in [6, 6.07) is 16.1. The van der Waals surface area contributed by atoms with E-state index in [2.05, 4.69) is 5.32 Å². The summed E-state index contributed by atoms with van der Waals surface area (Å²) in [5.74, 6) is 1.05. The van der Waals surface area contributed by atoms with Crippen LogP contribution >= 0.6 is 23.4 Å². The molecular weight excluding hydrogens is 474 g/mol. The molecule has 1 N–H and O–H groups in total. The average molecular weight is 498 g/mol. The van der Waals surface area contributed by atoms with Gasteiger partial charge in [-0.05, 0) is 54.4 Å². The van der Waals surface area contributed by atoms with Crippen molar-refractivity contribution in [3.63, 3.8) is 0 Å². The van der Waals surface area contributed by atoms with Gasteiger partial charge in [-0.15, -0.1) is 0 Å². The number of fused-ring (bicyclic) bond motifs is 1. The number of aromatic nitrogens is 2.